The molecule has 5 nitrogen and oxygen atoms in total. The van der Waals surface area contributed by atoms with Crippen LogP contribution in [-0.4, -0.2) is 33.2 Å². The minimum absolute atomic E-state index is 0.122. The smallest absolute Gasteiger partial charge is 0.394 e. The van der Waals surface area contributed by atoms with Crippen molar-refractivity contribution in [3.63, 3.8) is 0 Å². The number of nitrogens with zero attached hydrogens (tertiary/aromatic N) is 2. The molecule has 0 aliphatic rings. The van der Waals surface area contributed by atoms with E-state index in [1.165, 1.54) is 25.1 Å². The number of nitrogens with one attached hydrogen (secondary N) is 2. The van der Waals surface area contributed by atoms with Gasteiger partial charge in [0, 0.05) is 22.7 Å². The maximum absolute atomic E-state index is 13.0. The topological polar surface area (TPSA) is 70.1 Å². The van der Waals surface area contributed by atoms with Crippen molar-refractivity contribution in [3.8, 4) is 0 Å². The highest BCUT2D eigenvalue weighted by molar-refractivity contribution is 8.00. The van der Waals surface area contributed by atoms with Gasteiger partial charge in [-0.1, -0.05) is 6.07 Å². The van der Waals surface area contributed by atoms with Crippen LogP contribution in [0, 0.1) is 0 Å². The fraction of sp³-hybridized carbons (Fsp3) is 0.333. The summed E-state index contributed by atoms with van der Waals surface area (Å²) >= 11 is -0.345. The van der Waals surface area contributed by atoms with Crippen LogP contribution in [0.4, 0.5) is 43.8 Å². The third kappa shape index (κ3) is 6.79. The van der Waals surface area contributed by atoms with Crippen molar-refractivity contribution in [2.45, 2.75) is 29.5 Å². The van der Waals surface area contributed by atoms with Crippen LogP contribution in [0.25, 0.3) is 0 Å². The second-order valence-electron chi connectivity index (χ2n) is 5.39. The van der Waals surface area contributed by atoms with Crippen molar-refractivity contribution in [1.29, 1.82) is 0 Å². The molecule has 1 aromatic heterocycles. The lowest BCUT2D eigenvalue weighted by Crippen LogP contribution is -2.22. The van der Waals surface area contributed by atoms with E-state index in [0.29, 0.717) is 6.07 Å². The maximum Gasteiger partial charge on any atom is 0.446 e. The number of alkyl halides is 6. The Kier molecular flexibility index (Phi) is 6.42. The number of anilines is 3. The first kappa shape index (κ1) is 21.1. The summed E-state index contributed by atoms with van der Waals surface area (Å²) in [7, 11) is 0. The minimum Gasteiger partial charge on any atom is -0.394 e. The van der Waals surface area contributed by atoms with Crippen molar-refractivity contribution in [1.82, 2.24) is 9.97 Å². The van der Waals surface area contributed by atoms with Crippen LogP contribution in [-0.2, 0) is 6.18 Å². The predicted octanol–water partition coefficient (Wildman–Crippen LogP) is 4.64. The van der Waals surface area contributed by atoms with E-state index in [9.17, 15) is 26.3 Å². The van der Waals surface area contributed by atoms with Gasteiger partial charge in [0.25, 0.3) is 0 Å². The summed E-state index contributed by atoms with van der Waals surface area (Å²) < 4.78 is 76.5. The van der Waals surface area contributed by atoms with Gasteiger partial charge in [0.2, 0.25) is 5.95 Å². The van der Waals surface area contributed by atoms with Gasteiger partial charge in [0.05, 0.1) is 6.61 Å². The number of aromatic nitrogens is 2. The minimum atomic E-state index is -4.76. The number of halogens is 6. The zero-order chi connectivity index (χ0) is 20.2. The van der Waals surface area contributed by atoms with E-state index in [0.717, 1.165) is 6.07 Å². The third-order valence-corrected chi connectivity index (χ3v) is 3.73. The Morgan fingerprint density at radius 3 is 2.41 bits per heavy atom. The Bertz CT molecular complexity index is 784. The molecule has 148 valence electrons. The van der Waals surface area contributed by atoms with E-state index in [4.69, 9.17) is 5.11 Å². The number of aliphatic hydroxyl groups is 1. The summed E-state index contributed by atoms with van der Waals surface area (Å²) in [6.45, 7) is 1.15. The van der Waals surface area contributed by atoms with Crippen molar-refractivity contribution < 1.29 is 31.4 Å². The van der Waals surface area contributed by atoms with E-state index >= 15 is 0 Å². The van der Waals surface area contributed by atoms with Gasteiger partial charge in [-0.05, 0) is 36.9 Å². The molecule has 0 saturated carbocycles. The van der Waals surface area contributed by atoms with Gasteiger partial charge in [-0.15, -0.1) is 0 Å². The fourth-order valence-corrected chi connectivity index (χ4v) is 2.51. The largest absolute Gasteiger partial charge is 0.446 e. The third-order valence-electron chi connectivity index (χ3n) is 3.01. The van der Waals surface area contributed by atoms with Crippen molar-refractivity contribution in [3.05, 3.63) is 36.0 Å². The Balaban J connectivity index is 2.32. The average molecular weight is 412 g/mol. The van der Waals surface area contributed by atoms with Crippen molar-refractivity contribution >= 4 is 29.2 Å². The lowest BCUT2D eigenvalue weighted by Gasteiger charge is -2.15. The first-order valence-electron chi connectivity index (χ1n) is 7.43. The second-order valence-corrected chi connectivity index (χ2v) is 6.53. The highest BCUT2D eigenvalue weighted by Gasteiger charge is 2.34. The summed E-state index contributed by atoms with van der Waals surface area (Å²) in [4.78, 5) is 7.08. The van der Waals surface area contributed by atoms with E-state index < -0.39 is 23.4 Å². The van der Waals surface area contributed by atoms with Crippen molar-refractivity contribution in [2.75, 3.05) is 17.2 Å². The molecule has 0 aliphatic heterocycles. The quantitative estimate of drug-likeness (QED) is 0.474. The maximum atomic E-state index is 13.0. The molecule has 0 amide bonds. The molecule has 0 unspecified atom stereocenters. The van der Waals surface area contributed by atoms with Crippen molar-refractivity contribution in [2.24, 2.45) is 0 Å². The van der Waals surface area contributed by atoms with E-state index in [1.54, 1.807) is 0 Å². The molecule has 0 saturated heterocycles. The summed E-state index contributed by atoms with van der Waals surface area (Å²) in [6.07, 6.45) is -4.76. The number of rotatable bonds is 6. The first-order chi connectivity index (χ1) is 12.5. The van der Waals surface area contributed by atoms with Crippen LogP contribution in [0.5, 0.6) is 0 Å². The van der Waals surface area contributed by atoms with Gasteiger partial charge in [-0.25, -0.2) is 4.98 Å². The highest BCUT2D eigenvalue weighted by atomic mass is 32.2. The fourth-order valence-electron chi connectivity index (χ4n) is 1.91. The standard InChI is InChI=1S/C15H14F6N4OS/c1-8(7-26)22-13-24-11(14(16,17)18)6-12(25-13)23-9-3-2-4-10(5-9)27-15(19,20)21/h2-6,8,26H,7H2,1H3,(H2,22,23,24,25)/t8-/m0/s1. The van der Waals surface area contributed by atoms with E-state index in [1.807, 2.05) is 0 Å². The zero-order valence-corrected chi connectivity index (χ0v) is 14.5. The van der Waals surface area contributed by atoms with E-state index in [2.05, 4.69) is 20.6 Å². The van der Waals surface area contributed by atoms with Gasteiger partial charge in [-0.2, -0.15) is 31.3 Å². The normalized spacial score (nSPS) is 13.3. The van der Waals surface area contributed by atoms with Gasteiger partial charge in [0.15, 0.2) is 5.69 Å². The van der Waals surface area contributed by atoms with Gasteiger partial charge in [-0.3, -0.25) is 0 Å². The van der Waals surface area contributed by atoms with Crippen LogP contribution in [0.2, 0.25) is 0 Å². The average Bonchev–Trinajstić information content (AvgIpc) is 2.52. The number of hydrogen-bond acceptors (Lipinski definition) is 6. The van der Waals surface area contributed by atoms with Gasteiger partial charge >= 0.3 is 11.7 Å². The molecule has 27 heavy (non-hydrogen) atoms. The molecule has 0 spiro atoms. The van der Waals surface area contributed by atoms with Crippen LogP contribution >= 0.6 is 11.8 Å². The molecular formula is C15H14F6N4OS. The monoisotopic (exact) mass is 412 g/mol. The summed E-state index contributed by atoms with van der Waals surface area (Å²) in [5, 5.41) is 14.1. The number of hydrogen-bond donors (Lipinski definition) is 3. The number of benzene rings is 1. The second kappa shape index (κ2) is 8.21. The molecule has 0 aliphatic carbocycles. The van der Waals surface area contributed by atoms with Gasteiger partial charge < -0.3 is 15.7 Å². The SMILES string of the molecule is C[C@@H](CO)Nc1nc(Nc2cccc(SC(F)(F)F)c2)cc(C(F)(F)F)n1. The first-order valence-corrected chi connectivity index (χ1v) is 8.24. The van der Waals surface area contributed by atoms with Crippen LogP contribution in [0.3, 0.4) is 0 Å². The van der Waals surface area contributed by atoms with Gasteiger partial charge in [0.1, 0.15) is 5.82 Å². The molecule has 1 atom stereocenters. The molecular weight excluding hydrogens is 398 g/mol. The van der Waals surface area contributed by atoms with Crippen LogP contribution in [0.1, 0.15) is 12.6 Å². The Labute approximate surface area is 154 Å². The number of aliphatic hydroxyl groups excluding tert-OH is 1. The molecule has 1 aromatic carbocycles. The summed E-state index contributed by atoms with van der Waals surface area (Å²) in [5.74, 6) is -0.645. The van der Waals surface area contributed by atoms with E-state index in [-0.39, 0.29) is 40.7 Å². The highest BCUT2D eigenvalue weighted by Crippen LogP contribution is 2.38. The molecule has 0 bridgehead atoms. The molecule has 0 radical (unpaired) electrons. The van der Waals surface area contributed by atoms with Crippen LogP contribution in [0.15, 0.2) is 35.2 Å². The Hall–Kier alpha value is -2.21. The molecule has 2 aromatic rings. The summed E-state index contributed by atoms with van der Waals surface area (Å²) in [5.41, 5.74) is -5.61. The molecule has 1 heterocycles. The lowest BCUT2D eigenvalue weighted by molar-refractivity contribution is -0.141. The Morgan fingerprint density at radius 1 is 1.11 bits per heavy atom. The summed E-state index contributed by atoms with van der Waals surface area (Å²) in [6, 6.07) is 5.11. The van der Waals surface area contributed by atoms with Crippen LogP contribution < -0.4 is 10.6 Å². The molecule has 3 N–H and O–H groups in total. The number of thioether (sulfide) groups is 1. The lowest BCUT2D eigenvalue weighted by atomic mass is 10.3. The molecule has 0 fully saturated rings. The molecule has 2 rings (SSSR count). The predicted molar refractivity (Wildman–Crippen MR) is 88.8 cm³/mol. The molecule has 12 heteroatoms. The Morgan fingerprint density at radius 2 is 1.81 bits per heavy atom. The zero-order valence-electron chi connectivity index (χ0n) is 13.7.